The van der Waals surface area contributed by atoms with E-state index in [9.17, 15) is 14.4 Å². The van der Waals surface area contributed by atoms with Crippen molar-refractivity contribution in [2.24, 2.45) is 7.05 Å². The van der Waals surface area contributed by atoms with Gasteiger partial charge in [-0.25, -0.2) is 0 Å². The number of aryl methyl sites for hydroxylation is 1. The molecule has 3 amide bonds. The highest BCUT2D eigenvalue weighted by atomic mass is 16.2. The first kappa shape index (κ1) is 20.8. The summed E-state index contributed by atoms with van der Waals surface area (Å²) in [6.45, 7) is 2.19. The van der Waals surface area contributed by atoms with Gasteiger partial charge in [0.1, 0.15) is 6.04 Å². The molecule has 4 heterocycles. The second-order valence-corrected chi connectivity index (χ2v) is 9.42. The number of carbonyl (C=O) groups excluding carboxylic acids is 3. The molecule has 3 aliphatic heterocycles. The second-order valence-electron chi connectivity index (χ2n) is 9.42. The molecule has 34 heavy (non-hydrogen) atoms. The number of hydrogen-bond donors (Lipinski definition) is 1. The highest BCUT2D eigenvalue weighted by Crippen LogP contribution is 2.39. The molecule has 2 aromatic carbocycles. The van der Waals surface area contributed by atoms with Crippen LogP contribution in [-0.2, 0) is 36.3 Å². The Morgan fingerprint density at radius 3 is 2.62 bits per heavy atom. The van der Waals surface area contributed by atoms with Gasteiger partial charge in [-0.2, -0.15) is 5.10 Å². The summed E-state index contributed by atoms with van der Waals surface area (Å²) in [4.78, 5) is 40.8. The predicted molar refractivity (Wildman–Crippen MR) is 125 cm³/mol. The van der Waals surface area contributed by atoms with E-state index < -0.39 is 11.9 Å². The largest absolute Gasteiger partial charge is 0.322 e. The Balaban J connectivity index is 1.37. The Morgan fingerprint density at radius 1 is 0.941 bits per heavy atom. The number of rotatable bonds is 3. The number of nitrogens with one attached hydrogen (secondary N) is 1. The summed E-state index contributed by atoms with van der Waals surface area (Å²) >= 11 is 0. The lowest BCUT2D eigenvalue weighted by Crippen LogP contribution is -2.52. The average Bonchev–Trinajstić information content (AvgIpc) is 3.47. The molecule has 1 N–H and O–H groups in total. The van der Waals surface area contributed by atoms with Crippen molar-refractivity contribution >= 4 is 17.7 Å². The van der Waals surface area contributed by atoms with E-state index in [4.69, 9.17) is 0 Å². The molecule has 0 radical (unpaired) electrons. The molecule has 0 spiro atoms. The standard InChI is InChI=1S/C26H25N5O3/c1-29-12-16-4-3-5-19(21(16)14-29)24-20(11-27-30(24)2)15-6-7-18-17(10-15)13-31(26(18)34)22-8-9-23(32)28-25(22)33/h3-7,10-11,22H,8-9,12-14H2,1-2H3,(H,28,32,33). The Hall–Kier alpha value is -3.78. The number of aromatic nitrogens is 2. The van der Waals surface area contributed by atoms with Gasteiger partial charge in [-0.15, -0.1) is 0 Å². The van der Waals surface area contributed by atoms with Crippen molar-refractivity contribution in [1.82, 2.24) is 24.9 Å². The fourth-order valence-corrected chi connectivity index (χ4v) is 5.52. The summed E-state index contributed by atoms with van der Waals surface area (Å²) in [5.41, 5.74) is 8.41. The highest BCUT2D eigenvalue weighted by molar-refractivity contribution is 6.05. The number of benzene rings is 2. The first-order valence-electron chi connectivity index (χ1n) is 11.5. The van der Waals surface area contributed by atoms with Crippen LogP contribution in [0, 0.1) is 0 Å². The van der Waals surface area contributed by atoms with Crippen LogP contribution in [0.2, 0.25) is 0 Å². The average molecular weight is 456 g/mol. The number of hydrogen-bond acceptors (Lipinski definition) is 5. The summed E-state index contributed by atoms with van der Waals surface area (Å²) in [5.74, 6) is -0.836. The van der Waals surface area contributed by atoms with Gasteiger partial charge in [0, 0.05) is 49.8 Å². The number of piperidine rings is 1. The van der Waals surface area contributed by atoms with E-state index in [1.165, 1.54) is 16.7 Å². The third-order valence-electron chi connectivity index (χ3n) is 7.17. The molecule has 0 bridgehead atoms. The van der Waals surface area contributed by atoms with Crippen molar-refractivity contribution in [2.75, 3.05) is 7.05 Å². The van der Waals surface area contributed by atoms with Crippen LogP contribution in [0.3, 0.4) is 0 Å². The van der Waals surface area contributed by atoms with Crippen molar-refractivity contribution in [3.05, 3.63) is 64.8 Å². The zero-order valence-corrected chi connectivity index (χ0v) is 19.2. The lowest BCUT2D eigenvalue weighted by molar-refractivity contribution is -0.136. The molecule has 6 rings (SSSR count). The smallest absolute Gasteiger partial charge is 0.255 e. The summed E-state index contributed by atoms with van der Waals surface area (Å²) in [7, 11) is 4.08. The maximum atomic E-state index is 13.1. The number of carbonyl (C=O) groups is 3. The maximum absolute atomic E-state index is 13.1. The van der Waals surface area contributed by atoms with Gasteiger partial charge in [0.25, 0.3) is 5.91 Å². The van der Waals surface area contributed by atoms with Crippen molar-refractivity contribution in [3.8, 4) is 22.4 Å². The van der Waals surface area contributed by atoms with E-state index in [0.717, 1.165) is 35.5 Å². The number of amides is 3. The molecule has 8 heteroatoms. The van der Waals surface area contributed by atoms with Gasteiger partial charge in [0.2, 0.25) is 11.8 Å². The van der Waals surface area contributed by atoms with Gasteiger partial charge >= 0.3 is 0 Å². The molecule has 0 aliphatic carbocycles. The predicted octanol–water partition coefficient (Wildman–Crippen LogP) is 2.46. The van der Waals surface area contributed by atoms with Crippen LogP contribution < -0.4 is 5.32 Å². The normalized spacial score (nSPS) is 20.0. The topological polar surface area (TPSA) is 87.5 Å². The van der Waals surface area contributed by atoms with Crippen LogP contribution in [-0.4, -0.2) is 50.4 Å². The molecule has 3 aliphatic rings. The zero-order chi connectivity index (χ0) is 23.6. The van der Waals surface area contributed by atoms with E-state index in [2.05, 4.69) is 40.6 Å². The minimum absolute atomic E-state index is 0.161. The van der Waals surface area contributed by atoms with E-state index in [-0.39, 0.29) is 18.2 Å². The second kappa shape index (κ2) is 7.63. The van der Waals surface area contributed by atoms with Crippen LogP contribution in [0.4, 0.5) is 0 Å². The Kier molecular flexibility index (Phi) is 4.67. The van der Waals surface area contributed by atoms with Crippen LogP contribution in [0.25, 0.3) is 22.4 Å². The first-order valence-corrected chi connectivity index (χ1v) is 11.5. The van der Waals surface area contributed by atoms with Crippen molar-refractivity contribution in [2.45, 2.75) is 38.5 Å². The third-order valence-corrected chi connectivity index (χ3v) is 7.17. The first-order chi connectivity index (χ1) is 16.4. The van der Waals surface area contributed by atoms with E-state index in [0.29, 0.717) is 18.5 Å². The monoisotopic (exact) mass is 455 g/mol. The number of imide groups is 1. The quantitative estimate of drug-likeness (QED) is 0.613. The molecule has 1 unspecified atom stereocenters. The van der Waals surface area contributed by atoms with E-state index >= 15 is 0 Å². The van der Waals surface area contributed by atoms with Gasteiger partial charge in [-0.3, -0.25) is 29.3 Å². The Bertz CT molecular complexity index is 1370. The minimum Gasteiger partial charge on any atom is -0.322 e. The van der Waals surface area contributed by atoms with Crippen molar-refractivity contribution in [1.29, 1.82) is 0 Å². The van der Waals surface area contributed by atoms with E-state index in [1.54, 1.807) is 4.90 Å². The fourth-order valence-electron chi connectivity index (χ4n) is 5.52. The van der Waals surface area contributed by atoms with Crippen LogP contribution >= 0.6 is 0 Å². The molecule has 1 atom stereocenters. The zero-order valence-electron chi connectivity index (χ0n) is 19.2. The Labute approximate surface area is 197 Å². The lowest BCUT2D eigenvalue weighted by Gasteiger charge is -2.29. The Morgan fingerprint density at radius 2 is 1.79 bits per heavy atom. The van der Waals surface area contributed by atoms with Gasteiger partial charge in [0.15, 0.2) is 0 Å². The minimum atomic E-state index is -0.612. The number of fused-ring (bicyclic) bond motifs is 2. The van der Waals surface area contributed by atoms with Gasteiger partial charge in [0.05, 0.1) is 11.9 Å². The highest BCUT2D eigenvalue weighted by Gasteiger charge is 2.39. The molecule has 172 valence electrons. The fraction of sp³-hybridized carbons (Fsp3) is 0.308. The summed E-state index contributed by atoms with van der Waals surface area (Å²) in [6, 6.07) is 11.7. The molecule has 1 fully saturated rings. The molecular formula is C26H25N5O3. The van der Waals surface area contributed by atoms with E-state index in [1.807, 2.05) is 36.1 Å². The summed E-state index contributed by atoms with van der Waals surface area (Å²) in [5, 5.41) is 6.93. The molecule has 3 aromatic rings. The SMILES string of the molecule is CN1Cc2cccc(-c3c(-c4ccc5c(c4)CN(C4CCC(=O)NC4=O)C5=O)cnn3C)c2C1. The van der Waals surface area contributed by atoms with Crippen molar-refractivity contribution < 1.29 is 14.4 Å². The summed E-state index contributed by atoms with van der Waals surface area (Å²) in [6.07, 6.45) is 2.48. The number of nitrogens with zero attached hydrogens (tertiary/aromatic N) is 4. The molecule has 1 aromatic heterocycles. The van der Waals surface area contributed by atoms with Crippen LogP contribution in [0.5, 0.6) is 0 Å². The van der Waals surface area contributed by atoms with Crippen LogP contribution in [0.1, 0.15) is 39.9 Å². The maximum Gasteiger partial charge on any atom is 0.255 e. The lowest BCUT2D eigenvalue weighted by atomic mass is 9.94. The molecule has 0 saturated carbocycles. The van der Waals surface area contributed by atoms with Gasteiger partial charge in [-0.05, 0) is 47.9 Å². The van der Waals surface area contributed by atoms with Crippen LogP contribution in [0.15, 0.2) is 42.6 Å². The summed E-state index contributed by atoms with van der Waals surface area (Å²) < 4.78 is 1.91. The molecule has 8 nitrogen and oxygen atoms in total. The molecule has 1 saturated heterocycles. The van der Waals surface area contributed by atoms with Crippen molar-refractivity contribution in [3.63, 3.8) is 0 Å². The third kappa shape index (κ3) is 3.17. The van der Waals surface area contributed by atoms with Gasteiger partial charge in [-0.1, -0.05) is 24.3 Å². The molecular weight excluding hydrogens is 430 g/mol. The van der Waals surface area contributed by atoms with Gasteiger partial charge < -0.3 is 4.90 Å².